The number of fused-ring (bicyclic) bond motifs is 1. The molecule has 1 aromatic heterocycles. The zero-order valence-electron chi connectivity index (χ0n) is 19.2. The number of allylic oxidation sites excluding steroid dienone is 1. The Bertz CT molecular complexity index is 1320. The van der Waals surface area contributed by atoms with Crippen molar-refractivity contribution in [1.82, 2.24) is 9.97 Å². The average molecular weight is 445 g/mol. The summed E-state index contributed by atoms with van der Waals surface area (Å²) in [7, 11) is 0. The predicted octanol–water partition coefficient (Wildman–Crippen LogP) is 6.34. The predicted molar refractivity (Wildman–Crippen MR) is 140 cm³/mol. The molecule has 0 atom stereocenters. The number of anilines is 2. The van der Waals surface area contributed by atoms with E-state index in [0.29, 0.717) is 0 Å². The first-order valence-corrected chi connectivity index (χ1v) is 12.1. The van der Waals surface area contributed by atoms with Gasteiger partial charge < -0.3 is 10.2 Å². The van der Waals surface area contributed by atoms with Crippen molar-refractivity contribution >= 4 is 22.7 Å². The number of rotatable bonds is 6. The monoisotopic (exact) mass is 444 g/mol. The van der Waals surface area contributed by atoms with Gasteiger partial charge in [-0.3, -0.25) is 0 Å². The number of para-hydroxylation sites is 1. The van der Waals surface area contributed by atoms with Gasteiger partial charge in [-0.05, 0) is 47.2 Å². The fourth-order valence-corrected chi connectivity index (χ4v) is 5.08. The molecule has 2 heterocycles. The Kier molecular flexibility index (Phi) is 5.56. The molecule has 4 aromatic rings. The van der Waals surface area contributed by atoms with Crippen molar-refractivity contribution in [2.24, 2.45) is 0 Å². The molecule has 1 N–H and O–H groups in total. The lowest BCUT2D eigenvalue weighted by atomic mass is 9.91. The fraction of sp³-hybridized carbons (Fsp3) is 0.200. The number of aromatic nitrogens is 2. The van der Waals surface area contributed by atoms with Gasteiger partial charge in [-0.1, -0.05) is 84.9 Å². The molecule has 4 nitrogen and oxygen atoms in total. The van der Waals surface area contributed by atoms with Crippen molar-refractivity contribution in [3.63, 3.8) is 0 Å². The van der Waals surface area contributed by atoms with Crippen molar-refractivity contribution < 1.29 is 0 Å². The molecule has 0 saturated carbocycles. The first-order chi connectivity index (χ1) is 16.8. The van der Waals surface area contributed by atoms with Gasteiger partial charge in [-0.2, -0.15) is 4.98 Å². The summed E-state index contributed by atoms with van der Waals surface area (Å²) in [5, 5.41) is 4.76. The molecule has 0 radical (unpaired) electrons. The van der Waals surface area contributed by atoms with E-state index >= 15 is 0 Å². The zero-order valence-corrected chi connectivity index (χ0v) is 19.2. The summed E-state index contributed by atoms with van der Waals surface area (Å²) >= 11 is 0. The van der Waals surface area contributed by atoms with E-state index in [1.807, 2.05) is 0 Å². The molecular formula is C30H28N4. The Morgan fingerprint density at radius 1 is 0.794 bits per heavy atom. The first-order valence-electron chi connectivity index (χ1n) is 12.1. The van der Waals surface area contributed by atoms with Crippen LogP contribution in [0.4, 0.5) is 11.8 Å². The van der Waals surface area contributed by atoms with E-state index in [4.69, 9.17) is 9.97 Å². The molecule has 0 amide bonds. The van der Waals surface area contributed by atoms with E-state index in [0.717, 1.165) is 55.1 Å². The number of benzene rings is 3. The average Bonchev–Trinajstić information content (AvgIpc) is 3.34. The first kappa shape index (κ1) is 20.7. The molecule has 0 spiro atoms. The summed E-state index contributed by atoms with van der Waals surface area (Å²) in [5.74, 6) is 1.93. The highest BCUT2D eigenvalue weighted by molar-refractivity contribution is 5.90. The van der Waals surface area contributed by atoms with Crippen molar-refractivity contribution in [2.45, 2.75) is 18.8 Å². The summed E-state index contributed by atoms with van der Waals surface area (Å²) in [6.45, 7) is 2.57. The van der Waals surface area contributed by atoms with Gasteiger partial charge in [0, 0.05) is 30.9 Å². The van der Waals surface area contributed by atoms with Crippen LogP contribution in [0.5, 0.6) is 0 Å². The summed E-state index contributed by atoms with van der Waals surface area (Å²) < 4.78 is 0. The Labute approximate surface area is 200 Å². The minimum atomic E-state index is 0.227. The van der Waals surface area contributed by atoms with Crippen LogP contribution in [0.1, 0.15) is 29.9 Å². The van der Waals surface area contributed by atoms with Crippen LogP contribution < -0.4 is 10.2 Å². The van der Waals surface area contributed by atoms with Crippen LogP contribution in [-0.2, 0) is 0 Å². The molecule has 0 saturated heterocycles. The van der Waals surface area contributed by atoms with E-state index < -0.39 is 0 Å². The molecule has 0 unspecified atom stereocenters. The smallest absolute Gasteiger partial charge is 0.228 e. The maximum atomic E-state index is 5.05. The maximum absolute atomic E-state index is 5.05. The summed E-state index contributed by atoms with van der Waals surface area (Å²) in [4.78, 5) is 12.3. The number of hydrogen-bond acceptors (Lipinski definition) is 4. The SMILES string of the molecule is C1=CC2=C(CC1)CN(c1nc(NCC(c3ccccc3)c3ccccc3)c3ccccc3n1)C2. The van der Waals surface area contributed by atoms with Gasteiger partial charge in [-0.25, -0.2) is 4.98 Å². The molecule has 1 aliphatic carbocycles. The third-order valence-corrected chi connectivity index (χ3v) is 6.88. The van der Waals surface area contributed by atoms with Crippen LogP contribution in [0.15, 0.2) is 108 Å². The van der Waals surface area contributed by atoms with Crippen molar-refractivity contribution in [1.29, 1.82) is 0 Å². The minimum absolute atomic E-state index is 0.227. The topological polar surface area (TPSA) is 41.1 Å². The molecule has 0 bridgehead atoms. The summed E-state index contributed by atoms with van der Waals surface area (Å²) in [6.07, 6.45) is 6.85. The van der Waals surface area contributed by atoms with Crippen LogP contribution in [-0.4, -0.2) is 29.6 Å². The Hall–Kier alpha value is -3.92. The van der Waals surface area contributed by atoms with E-state index in [2.05, 4.69) is 107 Å². The lowest BCUT2D eigenvalue weighted by molar-refractivity contribution is 0.844. The quantitative estimate of drug-likeness (QED) is 0.377. The lowest BCUT2D eigenvalue weighted by Gasteiger charge is -2.22. The van der Waals surface area contributed by atoms with E-state index in [-0.39, 0.29) is 5.92 Å². The van der Waals surface area contributed by atoms with Gasteiger partial charge in [0.15, 0.2) is 0 Å². The molecular weight excluding hydrogens is 416 g/mol. The van der Waals surface area contributed by atoms with Crippen LogP contribution in [0.2, 0.25) is 0 Å². The van der Waals surface area contributed by atoms with Gasteiger partial charge >= 0.3 is 0 Å². The maximum Gasteiger partial charge on any atom is 0.228 e. The molecule has 0 fully saturated rings. The van der Waals surface area contributed by atoms with Gasteiger partial charge in [0.05, 0.1) is 5.52 Å². The largest absolute Gasteiger partial charge is 0.368 e. The number of hydrogen-bond donors (Lipinski definition) is 1. The molecule has 3 aromatic carbocycles. The molecule has 34 heavy (non-hydrogen) atoms. The van der Waals surface area contributed by atoms with E-state index in [1.54, 1.807) is 0 Å². The minimum Gasteiger partial charge on any atom is -0.368 e. The highest BCUT2D eigenvalue weighted by Crippen LogP contribution is 2.32. The standard InChI is InChI=1S/C30H28N4/c1-3-11-22(12-4-1)27(23-13-5-2-6-14-23)19-31-29-26-17-9-10-18-28(26)32-30(33-29)34-20-24-15-7-8-16-25(24)21-34/h1-7,9-15,17-18,27H,8,16,19-21H2,(H,31,32,33). The molecule has 6 rings (SSSR count). The second kappa shape index (κ2) is 9.14. The van der Waals surface area contributed by atoms with Crippen LogP contribution >= 0.6 is 0 Å². The molecule has 168 valence electrons. The van der Waals surface area contributed by atoms with E-state index in [1.165, 1.54) is 22.3 Å². The summed E-state index contributed by atoms with van der Waals surface area (Å²) in [5.41, 5.74) is 6.53. The van der Waals surface area contributed by atoms with Gasteiger partial charge in [0.2, 0.25) is 5.95 Å². The van der Waals surface area contributed by atoms with Crippen LogP contribution in [0, 0.1) is 0 Å². The molecule has 4 heteroatoms. The van der Waals surface area contributed by atoms with Gasteiger partial charge in [0.25, 0.3) is 0 Å². The van der Waals surface area contributed by atoms with Crippen molar-refractivity contribution in [3.8, 4) is 0 Å². The number of nitrogens with zero attached hydrogens (tertiary/aromatic N) is 3. The molecule has 2 aliphatic rings. The van der Waals surface area contributed by atoms with Crippen molar-refractivity contribution in [2.75, 3.05) is 29.9 Å². The second-order valence-corrected chi connectivity index (χ2v) is 9.07. The van der Waals surface area contributed by atoms with Gasteiger partial charge in [-0.15, -0.1) is 0 Å². The fourth-order valence-electron chi connectivity index (χ4n) is 5.08. The third kappa shape index (κ3) is 4.08. The Morgan fingerprint density at radius 3 is 2.24 bits per heavy atom. The van der Waals surface area contributed by atoms with E-state index in [9.17, 15) is 0 Å². The lowest BCUT2D eigenvalue weighted by Crippen LogP contribution is -2.24. The Morgan fingerprint density at radius 2 is 1.50 bits per heavy atom. The number of nitrogens with one attached hydrogen (secondary N) is 1. The second-order valence-electron chi connectivity index (χ2n) is 9.07. The van der Waals surface area contributed by atoms with Crippen LogP contribution in [0.25, 0.3) is 10.9 Å². The summed E-state index contributed by atoms with van der Waals surface area (Å²) in [6, 6.07) is 29.7. The third-order valence-electron chi connectivity index (χ3n) is 6.88. The van der Waals surface area contributed by atoms with Gasteiger partial charge in [0.1, 0.15) is 5.82 Å². The highest BCUT2D eigenvalue weighted by Gasteiger charge is 2.25. The molecule has 1 aliphatic heterocycles. The highest BCUT2D eigenvalue weighted by atomic mass is 15.3. The Balaban J connectivity index is 1.32. The van der Waals surface area contributed by atoms with Crippen molar-refractivity contribution in [3.05, 3.63) is 119 Å². The zero-order chi connectivity index (χ0) is 22.7. The normalized spacial score (nSPS) is 15.3. The van der Waals surface area contributed by atoms with Crippen LogP contribution in [0.3, 0.4) is 0 Å².